The number of halogens is 2. The van der Waals surface area contributed by atoms with Crippen molar-refractivity contribution in [3.8, 4) is 0 Å². The van der Waals surface area contributed by atoms with Gasteiger partial charge in [0.2, 0.25) is 0 Å². The molecule has 3 rings (SSSR count). The smallest absolute Gasteiger partial charge is 0.261 e. The Morgan fingerprint density at radius 2 is 1.48 bits per heavy atom. The number of para-hydroxylation sites is 1. The average Bonchev–Trinajstić information content (AvgIpc) is 2.67. The first kappa shape index (κ1) is 19.2. The van der Waals surface area contributed by atoms with Crippen molar-refractivity contribution in [3.63, 3.8) is 0 Å². The lowest BCUT2D eigenvalue weighted by atomic mass is 10.1. The standard InChI is InChI=1S/C22H17Cl2NO2/c23-18-10-6-11-19(24)21(18)22(27)25(15-16-7-2-1-3-8-16)20-12-5-4-9-17(20)13-14-26/h1-12,14H,13,15H2. The van der Waals surface area contributed by atoms with Crippen LogP contribution in [0.25, 0.3) is 0 Å². The second-order valence-electron chi connectivity index (χ2n) is 5.97. The minimum atomic E-state index is -0.312. The largest absolute Gasteiger partial charge is 0.304 e. The van der Waals surface area contributed by atoms with E-state index in [9.17, 15) is 9.59 Å². The molecule has 0 N–H and O–H groups in total. The second kappa shape index (κ2) is 8.85. The molecule has 0 aliphatic rings. The normalized spacial score (nSPS) is 10.4. The Hall–Kier alpha value is -2.62. The summed E-state index contributed by atoms with van der Waals surface area (Å²) in [4.78, 5) is 26.1. The predicted octanol–water partition coefficient (Wildman–Crippen LogP) is 5.58. The average molecular weight is 398 g/mol. The van der Waals surface area contributed by atoms with Crippen LogP contribution < -0.4 is 4.90 Å². The fraction of sp³-hybridized carbons (Fsp3) is 0.0909. The molecule has 0 fully saturated rings. The number of nitrogens with zero attached hydrogens (tertiary/aromatic N) is 1. The highest BCUT2D eigenvalue weighted by molar-refractivity contribution is 6.40. The van der Waals surface area contributed by atoms with Crippen LogP contribution in [-0.4, -0.2) is 12.2 Å². The third-order valence-electron chi connectivity index (χ3n) is 4.19. The summed E-state index contributed by atoms with van der Waals surface area (Å²) in [7, 11) is 0. The van der Waals surface area contributed by atoms with Gasteiger partial charge < -0.3 is 9.69 Å². The van der Waals surface area contributed by atoms with E-state index in [4.69, 9.17) is 23.2 Å². The molecule has 0 saturated heterocycles. The van der Waals surface area contributed by atoms with Gasteiger partial charge in [0.05, 0.1) is 22.2 Å². The molecular weight excluding hydrogens is 381 g/mol. The molecule has 5 heteroatoms. The van der Waals surface area contributed by atoms with E-state index in [1.54, 1.807) is 23.1 Å². The third-order valence-corrected chi connectivity index (χ3v) is 4.82. The Kier molecular flexibility index (Phi) is 6.28. The number of aldehydes is 1. The first-order chi connectivity index (χ1) is 13.1. The number of benzene rings is 3. The van der Waals surface area contributed by atoms with Crippen molar-refractivity contribution < 1.29 is 9.59 Å². The van der Waals surface area contributed by atoms with Gasteiger partial charge >= 0.3 is 0 Å². The van der Waals surface area contributed by atoms with Crippen molar-refractivity contribution in [2.24, 2.45) is 0 Å². The third kappa shape index (κ3) is 4.38. The van der Waals surface area contributed by atoms with Gasteiger partial charge in [0, 0.05) is 12.1 Å². The van der Waals surface area contributed by atoms with Gasteiger partial charge in [-0.2, -0.15) is 0 Å². The van der Waals surface area contributed by atoms with E-state index in [1.165, 1.54) is 0 Å². The van der Waals surface area contributed by atoms with E-state index in [-0.39, 0.29) is 17.9 Å². The van der Waals surface area contributed by atoms with Crippen LogP contribution in [0.15, 0.2) is 72.8 Å². The van der Waals surface area contributed by atoms with Gasteiger partial charge in [0.15, 0.2) is 0 Å². The number of carbonyl (C=O) groups is 2. The fourth-order valence-corrected chi connectivity index (χ4v) is 3.47. The number of amides is 1. The van der Waals surface area contributed by atoms with Crippen molar-refractivity contribution in [1.29, 1.82) is 0 Å². The molecule has 0 aliphatic carbocycles. The predicted molar refractivity (Wildman–Crippen MR) is 110 cm³/mol. The summed E-state index contributed by atoms with van der Waals surface area (Å²) < 4.78 is 0. The molecule has 0 spiro atoms. The fourth-order valence-electron chi connectivity index (χ4n) is 2.91. The number of hydrogen-bond acceptors (Lipinski definition) is 2. The lowest BCUT2D eigenvalue weighted by Crippen LogP contribution is -2.31. The summed E-state index contributed by atoms with van der Waals surface area (Å²) in [5.74, 6) is -0.312. The first-order valence-corrected chi connectivity index (χ1v) is 9.18. The molecule has 3 aromatic carbocycles. The molecule has 1 amide bonds. The number of carbonyl (C=O) groups excluding carboxylic acids is 2. The summed E-state index contributed by atoms with van der Waals surface area (Å²) >= 11 is 12.5. The highest BCUT2D eigenvalue weighted by atomic mass is 35.5. The van der Waals surface area contributed by atoms with Crippen LogP contribution in [0.3, 0.4) is 0 Å². The van der Waals surface area contributed by atoms with Crippen LogP contribution in [0.5, 0.6) is 0 Å². The number of rotatable bonds is 6. The molecule has 0 atom stereocenters. The summed E-state index contributed by atoms with van der Waals surface area (Å²) in [6.45, 7) is 0.330. The molecule has 0 saturated carbocycles. The topological polar surface area (TPSA) is 37.4 Å². The van der Waals surface area contributed by atoms with Gasteiger partial charge in [-0.1, -0.05) is 77.8 Å². The van der Waals surface area contributed by atoms with Crippen LogP contribution >= 0.6 is 23.2 Å². The quantitative estimate of drug-likeness (QED) is 0.508. The molecule has 27 heavy (non-hydrogen) atoms. The van der Waals surface area contributed by atoms with E-state index < -0.39 is 0 Å². The number of anilines is 1. The molecule has 0 aliphatic heterocycles. The molecule has 0 radical (unpaired) electrons. The SMILES string of the molecule is O=CCc1ccccc1N(Cc1ccccc1)C(=O)c1c(Cl)cccc1Cl. The highest BCUT2D eigenvalue weighted by Gasteiger charge is 2.24. The van der Waals surface area contributed by atoms with Gasteiger partial charge in [-0.05, 0) is 29.3 Å². The Bertz CT molecular complexity index is 937. The molecule has 0 aromatic heterocycles. The Morgan fingerprint density at radius 3 is 2.15 bits per heavy atom. The van der Waals surface area contributed by atoms with Crippen molar-refractivity contribution in [2.75, 3.05) is 4.90 Å². The van der Waals surface area contributed by atoms with Crippen molar-refractivity contribution >= 4 is 41.1 Å². The first-order valence-electron chi connectivity index (χ1n) is 8.43. The van der Waals surface area contributed by atoms with Crippen LogP contribution in [0, 0.1) is 0 Å². The van der Waals surface area contributed by atoms with E-state index in [1.807, 2.05) is 54.6 Å². The highest BCUT2D eigenvalue weighted by Crippen LogP contribution is 2.30. The zero-order valence-corrected chi connectivity index (χ0v) is 16.0. The monoisotopic (exact) mass is 397 g/mol. The zero-order chi connectivity index (χ0) is 19.2. The zero-order valence-electron chi connectivity index (χ0n) is 14.4. The Labute approximate surface area is 168 Å². The molecule has 0 bridgehead atoms. The minimum Gasteiger partial charge on any atom is -0.304 e. The lowest BCUT2D eigenvalue weighted by molar-refractivity contribution is -0.107. The van der Waals surface area contributed by atoms with E-state index in [0.29, 0.717) is 22.3 Å². The molecule has 3 nitrogen and oxygen atoms in total. The second-order valence-corrected chi connectivity index (χ2v) is 6.79. The summed E-state index contributed by atoms with van der Waals surface area (Å²) in [6.07, 6.45) is 1.04. The van der Waals surface area contributed by atoms with Crippen molar-refractivity contribution in [1.82, 2.24) is 0 Å². The van der Waals surface area contributed by atoms with Gasteiger partial charge in [-0.3, -0.25) is 4.79 Å². The summed E-state index contributed by atoms with van der Waals surface area (Å²) in [5, 5.41) is 0.580. The molecule has 3 aromatic rings. The maximum atomic E-state index is 13.4. The van der Waals surface area contributed by atoms with Gasteiger partial charge in [0.1, 0.15) is 6.29 Å². The Balaban J connectivity index is 2.10. The molecule has 136 valence electrons. The van der Waals surface area contributed by atoms with Crippen molar-refractivity contribution in [3.05, 3.63) is 99.5 Å². The van der Waals surface area contributed by atoms with Crippen LogP contribution in [-0.2, 0) is 17.8 Å². The van der Waals surface area contributed by atoms with Crippen LogP contribution in [0.4, 0.5) is 5.69 Å². The lowest BCUT2D eigenvalue weighted by Gasteiger charge is -2.26. The Morgan fingerprint density at radius 1 is 0.852 bits per heavy atom. The van der Waals surface area contributed by atoms with E-state index >= 15 is 0 Å². The van der Waals surface area contributed by atoms with Crippen LogP contribution in [0.2, 0.25) is 10.0 Å². The molecular formula is C22H17Cl2NO2. The van der Waals surface area contributed by atoms with E-state index in [2.05, 4.69) is 0 Å². The van der Waals surface area contributed by atoms with Crippen molar-refractivity contribution in [2.45, 2.75) is 13.0 Å². The summed E-state index contributed by atoms with van der Waals surface area (Å²) in [5.41, 5.74) is 2.63. The molecule has 0 unspecified atom stereocenters. The van der Waals surface area contributed by atoms with Gasteiger partial charge in [0.25, 0.3) is 5.91 Å². The minimum absolute atomic E-state index is 0.213. The maximum absolute atomic E-state index is 13.4. The molecule has 0 heterocycles. The van der Waals surface area contributed by atoms with Gasteiger partial charge in [-0.15, -0.1) is 0 Å². The maximum Gasteiger partial charge on any atom is 0.261 e. The van der Waals surface area contributed by atoms with Crippen LogP contribution in [0.1, 0.15) is 21.5 Å². The van der Waals surface area contributed by atoms with E-state index in [0.717, 1.165) is 17.4 Å². The summed E-state index contributed by atoms with van der Waals surface area (Å²) in [6, 6.07) is 21.9. The number of hydrogen-bond donors (Lipinski definition) is 0. The van der Waals surface area contributed by atoms with Gasteiger partial charge in [-0.25, -0.2) is 0 Å².